The quantitative estimate of drug-likeness (QED) is 0.569. The molecule has 3 heteroatoms. The van der Waals surface area contributed by atoms with Crippen LogP contribution in [0.5, 0.6) is 0 Å². The van der Waals surface area contributed by atoms with Gasteiger partial charge >= 0.3 is 0 Å². The third-order valence-electron chi connectivity index (χ3n) is 1.44. The summed E-state index contributed by atoms with van der Waals surface area (Å²) in [5, 5.41) is 3.13. The number of hydrogen-bond donors (Lipinski definition) is 1. The van der Waals surface area contributed by atoms with Gasteiger partial charge in [0.1, 0.15) is 11.9 Å². The summed E-state index contributed by atoms with van der Waals surface area (Å²) in [7, 11) is 1.69. The second-order valence-corrected chi connectivity index (χ2v) is 2.07. The van der Waals surface area contributed by atoms with Crippen molar-refractivity contribution < 1.29 is 4.74 Å². The third-order valence-corrected chi connectivity index (χ3v) is 1.44. The highest BCUT2D eigenvalue weighted by Gasteiger charge is 2.11. The third kappa shape index (κ3) is 1.42. The molecule has 1 heterocycles. The van der Waals surface area contributed by atoms with Crippen molar-refractivity contribution in [3.05, 3.63) is 0 Å². The Balaban J connectivity index is 2.40. The molecule has 1 unspecified atom stereocenters. The predicted molar refractivity (Wildman–Crippen MR) is 36.8 cm³/mol. The van der Waals surface area contributed by atoms with Crippen molar-refractivity contribution in [2.45, 2.75) is 13.0 Å². The van der Waals surface area contributed by atoms with Gasteiger partial charge in [-0.2, -0.15) is 0 Å². The Morgan fingerprint density at radius 1 is 1.78 bits per heavy atom. The van der Waals surface area contributed by atoms with Crippen LogP contribution in [-0.4, -0.2) is 32.1 Å². The van der Waals surface area contributed by atoms with E-state index < -0.39 is 0 Å². The van der Waals surface area contributed by atoms with Crippen molar-refractivity contribution in [3.63, 3.8) is 0 Å². The molecule has 1 aliphatic heterocycles. The highest BCUT2D eigenvalue weighted by Crippen LogP contribution is 1.94. The van der Waals surface area contributed by atoms with Crippen molar-refractivity contribution in [1.29, 1.82) is 0 Å². The molecule has 0 saturated heterocycles. The van der Waals surface area contributed by atoms with Crippen LogP contribution in [0.15, 0.2) is 4.99 Å². The van der Waals surface area contributed by atoms with Crippen LogP contribution in [0, 0.1) is 0 Å². The van der Waals surface area contributed by atoms with Gasteiger partial charge in [0.05, 0.1) is 6.54 Å². The van der Waals surface area contributed by atoms with Crippen LogP contribution < -0.4 is 5.32 Å². The predicted octanol–water partition coefficient (Wildman–Crippen LogP) is 0.0230. The van der Waals surface area contributed by atoms with E-state index in [9.17, 15) is 0 Å². The molecule has 3 nitrogen and oxygen atoms in total. The van der Waals surface area contributed by atoms with E-state index in [1.807, 2.05) is 6.92 Å². The lowest BCUT2D eigenvalue weighted by atomic mass is 10.4. The Labute approximate surface area is 55.1 Å². The van der Waals surface area contributed by atoms with E-state index in [-0.39, 0.29) is 6.10 Å². The maximum Gasteiger partial charge on any atom is 0.126 e. The highest BCUT2D eigenvalue weighted by molar-refractivity contribution is 5.87. The van der Waals surface area contributed by atoms with Crippen LogP contribution >= 0.6 is 0 Å². The molecule has 0 saturated carbocycles. The minimum atomic E-state index is 0.132. The second-order valence-electron chi connectivity index (χ2n) is 2.07. The average Bonchev–Trinajstić information content (AvgIpc) is 2.37. The number of rotatable bonds is 2. The molecule has 0 radical (unpaired) electrons. The first-order chi connectivity index (χ1) is 4.34. The maximum absolute atomic E-state index is 5.04. The maximum atomic E-state index is 5.04. The van der Waals surface area contributed by atoms with E-state index in [1.165, 1.54) is 0 Å². The standard InChI is InChI=1S/C6H12N2O/c1-5(9-2)6-7-3-4-8-6/h5H,3-4H2,1-2H3,(H,7,8). The molecule has 0 fully saturated rings. The lowest BCUT2D eigenvalue weighted by molar-refractivity contribution is 0.168. The van der Waals surface area contributed by atoms with E-state index in [0.717, 1.165) is 18.9 Å². The number of amidine groups is 1. The van der Waals surface area contributed by atoms with E-state index in [2.05, 4.69) is 10.3 Å². The van der Waals surface area contributed by atoms with Gasteiger partial charge in [-0.25, -0.2) is 0 Å². The van der Waals surface area contributed by atoms with E-state index in [4.69, 9.17) is 4.74 Å². The first-order valence-electron chi connectivity index (χ1n) is 3.15. The van der Waals surface area contributed by atoms with Gasteiger partial charge in [0.15, 0.2) is 0 Å². The van der Waals surface area contributed by atoms with E-state index in [1.54, 1.807) is 7.11 Å². The topological polar surface area (TPSA) is 33.6 Å². The number of nitrogens with zero attached hydrogens (tertiary/aromatic N) is 1. The molecule has 52 valence electrons. The Hall–Kier alpha value is -0.570. The number of ether oxygens (including phenoxy) is 1. The molecule has 0 aromatic heterocycles. The summed E-state index contributed by atoms with van der Waals surface area (Å²) in [5.74, 6) is 0.984. The Morgan fingerprint density at radius 3 is 3.00 bits per heavy atom. The molecule has 1 N–H and O–H groups in total. The summed E-state index contributed by atoms with van der Waals surface area (Å²) >= 11 is 0. The molecule has 1 rings (SSSR count). The van der Waals surface area contributed by atoms with Crippen LogP contribution in [0.4, 0.5) is 0 Å². The fourth-order valence-corrected chi connectivity index (χ4v) is 0.800. The Kier molecular flexibility index (Phi) is 2.05. The normalized spacial score (nSPS) is 20.9. The van der Waals surface area contributed by atoms with Gasteiger partial charge in [-0.05, 0) is 6.92 Å². The summed E-state index contributed by atoms with van der Waals surface area (Å²) in [6.45, 7) is 3.84. The summed E-state index contributed by atoms with van der Waals surface area (Å²) in [6.07, 6.45) is 0.132. The SMILES string of the molecule is COC(C)C1=NCCN1. The largest absolute Gasteiger partial charge is 0.374 e. The average molecular weight is 128 g/mol. The molecular formula is C6H12N2O. The van der Waals surface area contributed by atoms with Crippen LogP contribution in [0.1, 0.15) is 6.92 Å². The Bertz CT molecular complexity index is 122. The zero-order valence-electron chi connectivity index (χ0n) is 5.85. The highest BCUT2D eigenvalue weighted by atomic mass is 16.5. The van der Waals surface area contributed by atoms with Gasteiger partial charge in [-0.15, -0.1) is 0 Å². The molecule has 0 aliphatic carbocycles. The molecular weight excluding hydrogens is 116 g/mol. The van der Waals surface area contributed by atoms with E-state index in [0.29, 0.717) is 0 Å². The van der Waals surface area contributed by atoms with Crippen molar-refractivity contribution in [2.75, 3.05) is 20.2 Å². The van der Waals surface area contributed by atoms with E-state index >= 15 is 0 Å². The minimum Gasteiger partial charge on any atom is -0.374 e. The number of nitrogens with one attached hydrogen (secondary N) is 1. The van der Waals surface area contributed by atoms with Crippen LogP contribution in [0.25, 0.3) is 0 Å². The molecule has 0 aromatic carbocycles. The second kappa shape index (κ2) is 2.82. The number of hydrogen-bond acceptors (Lipinski definition) is 3. The monoisotopic (exact) mass is 128 g/mol. The fraction of sp³-hybridized carbons (Fsp3) is 0.833. The Morgan fingerprint density at radius 2 is 2.56 bits per heavy atom. The lowest BCUT2D eigenvalue weighted by Crippen LogP contribution is -2.30. The van der Waals surface area contributed by atoms with Crippen molar-refractivity contribution >= 4 is 5.84 Å². The van der Waals surface area contributed by atoms with Crippen molar-refractivity contribution in [2.24, 2.45) is 4.99 Å². The zero-order chi connectivity index (χ0) is 6.69. The van der Waals surface area contributed by atoms with Gasteiger partial charge in [0, 0.05) is 13.7 Å². The van der Waals surface area contributed by atoms with Crippen molar-refractivity contribution in [1.82, 2.24) is 5.32 Å². The molecule has 0 amide bonds. The summed E-state index contributed by atoms with van der Waals surface area (Å²) < 4.78 is 5.04. The van der Waals surface area contributed by atoms with Crippen LogP contribution in [0.3, 0.4) is 0 Å². The van der Waals surface area contributed by atoms with Crippen LogP contribution in [-0.2, 0) is 4.74 Å². The molecule has 1 aliphatic rings. The fourth-order valence-electron chi connectivity index (χ4n) is 0.800. The summed E-state index contributed by atoms with van der Waals surface area (Å²) in [4.78, 5) is 4.19. The van der Waals surface area contributed by atoms with Crippen molar-refractivity contribution in [3.8, 4) is 0 Å². The smallest absolute Gasteiger partial charge is 0.126 e. The molecule has 0 spiro atoms. The molecule has 1 atom stereocenters. The number of aliphatic imine (C=N–C) groups is 1. The summed E-state index contributed by atoms with van der Waals surface area (Å²) in [6, 6.07) is 0. The zero-order valence-corrected chi connectivity index (χ0v) is 5.85. The minimum absolute atomic E-state index is 0.132. The number of methoxy groups -OCH3 is 1. The molecule has 9 heavy (non-hydrogen) atoms. The lowest BCUT2D eigenvalue weighted by Gasteiger charge is -2.08. The van der Waals surface area contributed by atoms with Gasteiger partial charge < -0.3 is 10.1 Å². The first kappa shape index (κ1) is 6.55. The first-order valence-corrected chi connectivity index (χ1v) is 3.15. The van der Waals surface area contributed by atoms with Gasteiger partial charge in [0.2, 0.25) is 0 Å². The van der Waals surface area contributed by atoms with Gasteiger partial charge in [0.25, 0.3) is 0 Å². The van der Waals surface area contributed by atoms with Gasteiger partial charge in [-0.1, -0.05) is 0 Å². The molecule has 0 bridgehead atoms. The summed E-state index contributed by atoms with van der Waals surface area (Å²) in [5.41, 5.74) is 0. The van der Waals surface area contributed by atoms with Crippen LogP contribution in [0.2, 0.25) is 0 Å². The molecule has 0 aromatic rings. The van der Waals surface area contributed by atoms with Gasteiger partial charge in [-0.3, -0.25) is 4.99 Å².